The second-order valence-corrected chi connectivity index (χ2v) is 3.41. The van der Waals surface area contributed by atoms with Crippen LogP contribution in [0.1, 0.15) is 10.4 Å². The summed E-state index contributed by atoms with van der Waals surface area (Å²) in [5, 5.41) is -0.714. The van der Waals surface area contributed by atoms with E-state index in [0.29, 0.717) is 6.07 Å². The van der Waals surface area contributed by atoms with E-state index in [1.54, 1.807) is 0 Å². The van der Waals surface area contributed by atoms with Crippen LogP contribution in [0.3, 0.4) is 0 Å². The molecule has 8 heteroatoms. The molecule has 1 aromatic rings. The molecule has 1 rings (SSSR count). The van der Waals surface area contributed by atoms with Gasteiger partial charge in [-0.3, -0.25) is 4.79 Å². The van der Waals surface area contributed by atoms with Gasteiger partial charge in [-0.25, -0.2) is 4.39 Å². The van der Waals surface area contributed by atoms with Gasteiger partial charge in [0.15, 0.2) is 5.82 Å². The monoisotopic (exact) mass is 276 g/mol. The van der Waals surface area contributed by atoms with Crippen molar-refractivity contribution in [3.8, 4) is 0 Å². The Hall–Kier alpha value is -1.24. The SMILES string of the molecule is O=C(c1cccc(Cl)c1F)C(F)(F)C(F)(F)F. The van der Waals surface area contributed by atoms with Crippen molar-refractivity contribution in [2.24, 2.45) is 0 Å². The Bertz CT molecular complexity index is 453. The zero-order valence-electron chi connectivity index (χ0n) is 7.79. The van der Waals surface area contributed by atoms with E-state index in [1.807, 2.05) is 0 Å². The van der Waals surface area contributed by atoms with E-state index in [1.165, 1.54) is 0 Å². The van der Waals surface area contributed by atoms with Gasteiger partial charge >= 0.3 is 12.1 Å². The first-order valence-electron chi connectivity index (χ1n) is 4.02. The number of Topliss-reactive ketones (excluding diaryl/α,β-unsaturated/α-hetero) is 1. The maximum Gasteiger partial charge on any atom is 0.461 e. The van der Waals surface area contributed by atoms with Crippen LogP contribution in [0.15, 0.2) is 18.2 Å². The first-order valence-corrected chi connectivity index (χ1v) is 4.40. The summed E-state index contributed by atoms with van der Waals surface area (Å²) >= 11 is 5.17. The molecule has 0 spiro atoms. The third-order valence-corrected chi connectivity index (χ3v) is 2.13. The van der Waals surface area contributed by atoms with Gasteiger partial charge in [-0.1, -0.05) is 17.7 Å². The summed E-state index contributed by atoms with van der Waals surface area (Å²) in [7, 11) is 0. The number of alkyl halides is 5. The molecule has 0 atom stereocenters. The number of ketones is 1. The predicted molar refractivity (Wildman–Crippen MR) is 46.7 cm³/mol. The van der Waals surface area contributed by atoms with Gasteiger partial charge in [0, 0.05) is 0 Å². The molecule has 0 aliphatic rings. The number of halogens is 7. The summed E-state index contributed by atoms with van der Waals surface area (Å²) in [6.45, 7) is 0. The molecule has 0 aliphatic heterocycles. The molecule has 0 aliphatic carbocycles. The molecule has 1 nitrogen and oxygen atoms in total. The third kappa shape index (κ3) is 2.38. The molecule has 0 bridgehead atoms. The van der Waals surface area contributed by atoms with Crippen molar-refractivity contribution in [2.75, 3.05) is 0 Å². The van der Waals surface area contributed by atoms with Crippen molar-refractivity contribution < 1.29 is 31.1 Å². The lowest BCUT2D eigenvalue weighted by atomic mass is 10.0. The summed E-state index contributed by atoms with van der Waals surface area (Å²) < 4.78 is 74.0. The van der Waals surface area contributed by atoms with Crippen molar-refractivity contribution in [1.29, 1.82) is 0 Å². The Morgan fingerprint density at radius 2 is 1.65 bits per heavy atom. The lowest BCUT2D eigenvalue weighted by Crippen LogP contribution is -2.44. The van der Waals surface area contributed by atoms with Crippen LogP contribution in [0, 0.1) is 5.82 Å². The molecule has 0 saturated heterocycles. The van der Waals surface area contributed by atoms with Crippen molar-refractivity contribution in [2.45, 2.75) is 12.1 Å². The third-order valence-electron chi connectivity index (χ3n) is 1.84. The van der Waals surface area contributed by atoms with E-state index < -0.39 is 34.3 Å². The molecule has 0 aromatic heterocycles. The lowest BCUT2D eigenvalue weighted by molar-refractivity contribution is -0.255. The molecule has 0 fully saturated rings. The Morgan fingerprint density at radius 3 is 2.12 bits per heavy atom. The molecule has 0 unspecified atom stereocenters. The second-order valence-electron chi connectivity index (χ2n) is 3.00. The summed E-state index contributed by atoms with van der Waals surface area (Å²) in [6.07, 6.45) is -6.08. The summed E-state index contributed by atoms with van der Waals surface area (Å²) in [4.78, 5) is 10.9. The number of hydrogen-bond donors (Lipinski definition) is 0. The number of benzene rings is 1. The van der Waals surface area contributed by atoms with Crippen LogP contribution in [0.2, 0.25) is 5.02 Å². The minimum atomic E-state index is -6.08. The second kappa shape index (κ2) is 4.21. The van der Waals surface area contributed by atoms with E-state index in [-0.39, 0.29) is 0 Å². The Labute approximate surface area is 96.0 Å². The summed E-state index contributed by atoms with van der Waals surface area (Å²) in [5.41, 5.74) is -1.40. The van der Waals surface area contributed by atoms with E-state index in [9.17, 15) is 31.1 Å². The Morgan fingerprint density at radius 1 is 1.12 bits per heavy atom. The van der Waals surface area contributed by atoms with Gasteiger partial charge in [0.1, 0.15) is 0 Å². The van der Waals surface area contributed by atoms with Crippen molar-refractivity contribution in [3.05, 3.63) is 34.6 Å². The highest BCUT2D eigenvalue weighted by molar-refractivity contribution is 6.31. The van der Waals surface area contributed by atoms with E-state index in [2.05, 4.69) is 0 Å². The standard InChI is InChI=1S/C9H3ClF6O/c10-5-3-1-2-4(6(5)11)7(17)8(12,13)9(14,15)16/h1-3H. The molecule has 0 N–H and O–H groups in total. The van der Waals surface area contributed by atoms with Crippen LogP contribution in [0.5, 0.6) is 0 Å². The lowest BCUT2D eigenvalue weighted by Gasteiger charge is -2.18. The molecule has 0 heterocycles. The predicted octanol–water partition coefficient (Wildman–Crippen LogP) is 3.86. The van der Waals surface area contributed by atoms with Crippen molar-refractivity contribution in [1.82, 2.24) is 0 Å². The van der Waals surface area contributed by atoms with Gasteiger partial charge in [-0.2, -0.15) is 22.0 Å². The first kappa shape index (κ1) is 13.8. The van der Waals surface area contributed by atoms with Gasteiger partial charge in [-0.15, -0.1) is 0 Å². The molecule has 0 saturated carbocycles. The van der Waals surface area contributed by atoms with Crippen LogP contribution in [-0.4, -0.2) is 17.9 Å². The largest absolute Gasteiger partial charge is 0.461 e. The number of carbonyl (C=O) groups excluding carboxylic acids is 1. The molecular formula is C9H3ClF6O. The van der Waals surface area contributed by atoms with Crippen LogP contribution in [0.25, 0.3) is 0 Å². The molecule has 17 heavy (non-hydrogen) atoms. The highest BCUT2D eigenvalue weighted by Gasteiger charge is 2.63. The van der Waals surface area contributed by atoms with Crippen LogP contribution in [-0.2, 0) is 0 Å². The van der Waals surface area contributed by atoms with Gasteiger partial charge in [0.25, 0.3) is 0 Å². The van der Waals surface area contributed by atoms with Gasteiger partial charge in [-0.05, 0) is 12.1 Å². The average Bonchev–Trinajstić information content (AvgIpc) is 2.19. The number of hydrogen-bond acceptors (Lipinski definition) is 1. The minimum Gasteiger partial charge on any atom is -0.287 e. The molecule has 94 valence electrons. The molecule has 0 amide bonds. The Kier molecular flexibility index (Phi) is 3.42. The fraction of sp³-hybridized carbons (Fsp3) is 0.222. The summed E-state index contributed by atoms with van der Waals surface area (Å²) in [6, 6.07) is 2.31. The van der Waals surface area contributed by atoms with Crippen LogP contribution >= 0.6 is 11.6 Å². The van der Waals surface area contributed by atoms with E-state index in [4.69, 9.17) is 11.6 Å². The van der Waals surface area contributed by atoms with Crippen LogP contribution in [0.4, 0.5) is 26.3 Å². The maximum atomic E-state index is 13.1. The smallest absolute Gasteiger partial charge is 0.287 e. The maximum absolute atomic E-state index is 13.1. The number of carbonyl (C=O) groups is 1. The fourth-order valence-corrected chi connectivity index (χ4v) is 1.15. The zero-order valence-corrected chi connectivity index (χ0v) is 8.54. The fourth-order valence-electron chi connectivity index (χ4n) is 0.977. The number of rotatable bonds is 2. The van der Waals surface area contributed by atoms with Crippen LogP contribution < -0.4 is 0 Å². The van der Waals surface area contributed by atoms with Gasteiger partial charge < -0.3 is 0 Å². The topological polar surface area (TPSA) is 17.1 Å². The van der Waals surface area contributed by atoms with Crippen molar-refractivity contribution in [3.63, 3.8) is 0 Å². The van der Waals surface area contributed by atoms with Gasteiger partial charge in [0.2, 0.25) is 5.78 Å². The molecule has 1 aromatic carbocycles. The molecule has 0 radical (unpaired) electrons. The van der Waals surface area contributed by atoms with Gasteiger partial charge in [0.05, 0.1) is 10.6 Å². The average molecular weight is 277 g/mol. The minimum absolute atomic E-state index is 0.503. The van der Waals surface area contributed by atoms with E-state index >= 15 is 0 Å². The summed E-state index contributed by atoms with van der Waals surface area (Å²) in [5.74, 6) is -9.94. The first-order chi connectivity index (χ1) is 7.59. The van der Waals surface area contributed by atoms with E-state index in [0.717, 1.165) is 12.1 Å². The zero-order chi connectivity index (χ0) is 13.4. The Balaban J connectivity index is 3.27. The normalized spacial score (nSPS) is 12.6. The highest BCUT2D eigenvalue weighted by atomic mass is 35.5. The quantitative estimate of drug-likeness (QED) is 0.592. The highest BCUT2D eigenvalue weighted by Crippen LogP contribution is 2.38. The van der Waals surface area contributed by atoms with Crippen molar-refractivity contribution >= 4 is 17.4 Å². The molecular weight excluding hydrogens is 274 g/mol.